The maximum Gasteiger partial charge on any atom is 0.259 e. The van der Waals surface area contributed by atoms with Gasteiger partial charge in [-0.2, -0.15) is 0 Å². The number of rotatable bonds is 1. The van der Waals surface area contributed by atoms with Gasteiger partial charge in [0, 0.05) is 12.4 Å². The third-order valence-corrected chi connectivity index (χ3v) is 2.28. The van der Waals surface area contributed by atoms with E-state index < -0.39 is 10.0 Å². The number of primary sulfonamides is 1. The minimum atomic E-state index is -3.83. The van der Waals surface area contributed by atoms with Crippen LogP contribution < -0.4 is 5.14 Å². The fourth-order valence-electron chi connectivity index (χ4n) is 0.936. The molecule has 0 radical (unpaired) electrons. The molecule has 68 valence electrons. The lowest BCUT2D eigenvalue weighted by Gasteiger charge is -1.96. The van der Waals surface area contributed by atoms with Crippen LogP contribution in [-0.2, 0) is 10.0 Å². The van der Waals surface area contributed by atoms with E-state index in [1.807, 2.05) is 0 Å². The van der Waals surface area contributed by atoms with Crippen molar-refractivity contribution in [2.24, 2.45) is 5.14 Å². The van der Waals surface area contributed by atoms with Crippen molar-refractivity contribution in [3.63, 3.8) is 0 Å². The second-order valence-corrected chi connectivity index (χ2v) is 3.82. The summed E-state index contributed by atoms with van der Waals surface area (Å²) in [6.45, 7) is 0. The minimum Gasteiger partial charge on any atom is -0.285 e. The van der Waals surface area contributed by atoms with Crippen LogP contribution in [0.4, 0.5) is 0 Å². The summed E-state index contributed by atoms with van der Waals surface area (Å²) in [7, 11) is -3.83. The average molecular weight is 199 g/mol. The van der Waals surface area contributed by atoms with Gasteiger partial charge in [-0.1, -0.05) is 0 Å². The van der Waals surface area contributed by atoms with Crippen LogP contribution >= 0.6 is 0 Å². The van der Waals surface area contributed by atoms with Gasteiger partial charge in [0.25, 0.3) is 10.0 Å². The molecule has 0 amide bonds. The van der Waals surface area contributed by atoms with E-state index in [1.54, 1.807) is 0 Å². The molecule has 13 heavy (non-hydrogen) atoms. The Bertz CT molecular complexity index is 545. The molecule has 7 nitrogen and oxygen atoms in total. The predicted octanol–water partition coefficient (Wildman–Crippen LogP) is -1.23. The van der Waals surface area contributed by atoms with Gasteiger partial charge >= 0.3 is 0 Å². The first kappa shape index (κ1) is 8.08. The molecular weight excluding hydrogens is 194 g/mol. The predicted molar refractivity (Wildman–Crippen MR) is 42.2 cm³/mol. The Balaban J connectivity index is 2.91. The van der Waals surface area contributed by atoms with Crippen LogP contribution in [0.2, 0.25) is 0 Å². The van der Waals surface area contributed by atoms with Gasteiger partial charge in [0.1, 0.15) is 6.33 Å². The molecule has 0 aliphatic rings. The van der Waals surface area contributed by atoms with Crippen LogP contribution in [0.25, 0.3) is 5.65 Å². The van der Waals surface area contributed by atoms with Gasteiger partial charge in [0.15, 0.2) is 5.65 Å². The zero-order chi connectivity index (χ0) is 9.47. The molecule has 0 saturated heterocycles. The van der Waals surface area contributed by atoms with Gasteiger partial charge in [0.05, 0.1) is 0 Å². The van der Waals surface area contributed by atoms with Gasteiger partial charge in [-0.3, -0.25) is 4.40 Å². The van der Waals surface area contributed by atoms with E-state index in [1.165, 1.54) is 23.1 Å². The summed E-state index contributed by atoms with van der Waals surface area (Å²) in [5.41, 5.74) is 0.130. The zero-order valence-corrected chi connectivity index (χ0v) is 7.14. The second-order valence-electron chi connectivity index (χ2n) is 2.34. The Morgan fingerprint density at radius 3 is 2.92 bits per heavy atom. The average Bonchev–Trinajstić information content (AvgIpc) is 2.48. The lowest BCUT2D eigenvalue weighted by molar-refractivity contribution is 0.594. The van der Waals surface area contributed by atoms with Gasteiger partial charge < -0.3 is 0 Å². The fourth-order valence-corrected chi connectivity index (χ4v) is 1.54. The van der Waals surface area contributed by atoms with Crippen LogP contribution in [0.1, 0.15) is 0 Å². The van der Waals surface area contributed by atoms with Crippen molar-refractivity contribution in [1.29, 1.82) is 0 Å². The zero-order valence-electron chi connectivity index (χ0n) is 6.32. The highest BCUT2D eigenvalue weighted by Gasteiger charge is 2.15. The summed E-state index contributed by atoms with van der Waals surface area (Å²) >= 11 is 0. The Kier molecular flexibility index (Phi) is 1.54. The monoisotopic (exact) mass is 199 g/mol. The molecule has 0 aliphatic heterocycles. The van der Waals surface area contributed by atoms with Crippen molar-refractivity contribution in [3.8, 4) is 0 Å². The summed E-state index contributed by atoms with van der Waals surface area (Å²) in [5.74, 6) is 0. The van der Waals surface area contributed by atoms with Crippen LogP contribution in [0.5, 0.6) is 0 Å². The quantitative estimate of drug-likeness (QED) is 0.619. The summed E-state index contributed by atoms with van der Waals surface area (Å²) in [5, 5.41) is 11.7. The van der Waals surface area contributed by atoms with E-state index in [4.69, 9.17) is 5.14 Å². The highest BCUT2D eigenvalue weighted by molar-refractivity contribution is 7.89. The first-order valence-corrected chi connectivity index (χ1v) is 4.81. The summed E-state index contributed by atoms with van der Waals surface area (Å²) in [6.07, 6.45) is 4.21. The second kappa shape index (κ2) is 2.47. The molecule has 2 rings (SSSR count). The van der Waals surface area contributed by atoms with Crippen molar-refractivity contribution in [2.45, 2.75) is 5.03 Å². The lowest BCUT2D eigenvalue weighted by atomic mass is 10.7. The molecule has 2 N–H and O–H groups in total. The van der Waals surface area contributed by atoms with Crippen molar-refractivity contribution < 1.29 is 8.42 Å². The molecule has 0 saturated carbocycles. The lowest BCUT2D eigenvalue weighted by Crippen LogP contribution is -2.15. The third-order valence-electron chi connectivity index (χ3n) is 1.45. The normalized spacial score (nSPS) is 12.1. The molecule has 2 aromatic rings. The summed E-state index contributed by atoms with van der Waals surface area (Å²) in [6, 6.07) is 0. The number of hydrogen-bond acceptors (Lipinski definition) is 5. The van der Waals surface area contributed by atoms with Crippen molar-refractivity contribution >= 4 is 15.7 Å². The third kappa shape index (κ3) is 1.25. The molecule has 2 heterocycles. The molecular formula is C5H5N5O2S. The molecule has 0 bridgehead atoms. The number of nitrogens with two attached hydrogens (primary N) is 1. The van der Waals surface area contributed by atoms with Crippen LogP contribution in [0, 0.1) is 0 Å². The SMILES string of the molecule is NS(=O)(=O)c1nccn2cnnc12. The van der Waals surface area contributed by atoms with Gasteiger partial charge in [-0.25, -0.2) is 18.5 Å². The fraction of sp³-hybridized carbons (Fsp3) is 0. The molecule has 0 unspecified atom stereocenters. The van der Waals surface area contributed by atoms with Gasteiger partial charge in [-0.05, 0) is 0 Å². The molecule has 0 spiro atoms. The smallest absolute Gasteiger partial charge is 0.259 e. The van der Waals surface area contributed by atoms with Crippen LogP contribution in [-0.4, -0.2) is 28.0 Å². The highest BCUT2D eigenvalue weighted by atomic mass is 32.2. The first-order chi connectivity index (χ1) is 6.09. The number of nitrogens with zero attached hydrogens (tertiary/aromatic N) is 4. The summed E-state index contributed by atoms with van der Waals surface area (Å²) < 4.78 is 23.4. The van der Waals surface area contributed by atoms with E-state index in [-0.39, 0.29) is 10.7 Å². The van der Waals surface area contributed by atoms with Crippen LogP contribution in [0.15, 0.2) is 23.7 Å². The summed E-state index contributed by atoms with van der Waals surface area (Å²) in [4.78, 5) is 3.61. The van der Waals surface area contributed by atoms with E-state index >= 15 is 0 Å². The standard InChI is InChI=1S/C5H5N5O2S/c6-13(11,12)5-4-9-8-3-10(4)2-1-7-5/h1-3H,(H2,6,11,12). The number of aromatic nitrogens is 4. The maximum atomic E-state index is 11.0. The number of sulfonamides is 1. The molecule has 0 aliphatic carbocycles. The first-order valence-electron chi connectivity index (χ1n) is 3.26. The maximum absolute atomic E-state index is 11.0. The van der Waals surface area contributed by atoms with Crippen molar-refractivity contribution in [3.05, 3.63) is 18.7 Å². The Morgan fingerprint density at radius 1 is 1.46 bits per heavy atom. The Labute approximate surface area is 73.3 Å². The van der Waals surface area contributed by atoms with E-state index in [9.17, 15) is 8.42 Å². The Morgan fingerprint density at radius 2 is 2.23 bits per heavy atom. The van der Waals surface area contributed by atoms with E-state index in [0.29, 0.717) is 0 Å². The van der Waals surface area contributed by atoms with E-state index in [2.05, 4.69) is 15.2 Å². The van der Waals surface area contributed by atoms with E-state index in [0.717, 1.165) is 0 Å². The van der Waals surface area contributed by atoms with Gasteiger partial charge in [-0.15, -0.1) is 10.2 Å². The number of fused-ring (bicyclic) bond motifs is 1. The largest absolute Gasteiger partial charge is 0.285 e. The minimum absolute atomic E-state index is 0.130. The van der Waals surface area contributed by atoms with Crippen molar-refractivity contribution in [2.75, 3.05) is 0 Å². The van der Waals surface area contributed by atoms with Gasteiger partial charge in [0.2, 0.25) is 5.03 Å². The van der Waals surface area contributed by atoms with Crippen LogP contribution in [0.3, 0.4) is 0 Å². The highest BCUT2D eigenvalue weighted by Crippen LogP contribution is 2.07. The molecule has 0 aromatic carbocycles. The van der Waals surface area contributed by atoms with Crippen molar-refractivity contribution in [1.82, 2.24) is 19.6 Å². The Hall–Kier alpha value is -1.54. The molecule has 8 heteroatoms. The molecule has 0 fully saturated rings. The topological polar surface area (TPSA) is 103 Å². The molecule has 0 atom stereocenters. The molecule has 2 aromatic heterocycles. The number of hydrogen-bond donors (Lipinski definition) is 1.